The molecule has 1 N–H and O–H groups in total. The minimum atomic E-state index is 0.677. The van der Waals surface area contributed by atoms with Crippen LogP contribution in [0, 0.1) is 12.8 Å². The van der Waals surface area contributed by atoms with Gasteiger partial charge in [0.1, 0.15) is 0 Å². The van der Waals surface area contributed by atoms with Crippen LogP contribution in [0.4, 0.5) is 0 Å². The monoisotopic (exact) mass is 275 g/mol. The summed E-state index contributed by atoms with van der Waals surface area (Å²) in [5.74, 6) is 0.677. The minimum Gasteiger partial charge on any atom is -0.312 e. The Morgan fingerprint density at radius 2 is 2.05 bits per heavy atom. The Bertz CT molecular complexity index is 538. The van der Waals surface area contributed by atoms with Crippen molar-refractivity contribution in [3.8, 4) is 0 Å². The van der Waals surface area contributed by atoms with Crippen LogP contribution in [0.5, 0.6) is 0 Å². The van der Waals surface area contributed by atoms with E-state index in [4.69, 9.17) is 0 Å². The van der Waals surface area contributed by atoms with Crippen LogP contribution in [0.15, 0.2) is 18.6 Å². The van der Waals surface area contributed by atoms with Crippen molar-refractivity contribution in [2.24, 2.45) is 13.0 Å². The van der Waals surface area contributed by atoms with Gasteiger partial charge in [-0.25, -0.2) is 0 Å². The zero-order valence-electron chi connectivity index (χ0n) is 12.9. The van der Waals surface area contributed by atoms with E-state index < -0.39 is 0 Å². The van der Waals surface area contributed by atoms with Gasteiger partial charge in [-0.2, -0.15) is 10.2 Å². The molecule has 2 heterocycles. The van der Waals surface area contributed by atoms with E-state index >= 15 is 0 Å². The van der Waals surface area contributed by atoms with E-state index in [9.17, 15) is 0 Å². The summed E-state index contributed by atoms with van der Waals surface area (Å²) in [7, 11) is 1.95. The highest BCUT2D eigenvalue weighted by Crippen LogP contribution is 2.09. The second-order valence-corrected chi connectivity index (χ2v) is 5.78. The fourth-order valence-corrected chi connectivity index (χ4v) is 2.22. The Morgan fingerprint density at radius 3 is 2.70 bits per heavy atom. The maximum absolute atomic E-state index is 4.48. The maximum atomic E-state index is 4.48. The van der Waals surface area contributed by atoms with Gasteiger partial charge in [0.25, 0.3) is 0 Å². The Kier molecular flexibility index (Phi) is 4.95. The lowest BCUT2D eigenvalue weighted by atomic mass is 10.2. The molecule has 0 saturated heterocycles. The lowest BCUT2D eigenvalue weighted by Crippen LogP contribution is -2.19. The molecule has 0 aromatic carbocycles. The lowest BCUT2D eigenvalue weighted by molar-refractivity contribution is 0.549. The summed E-state index contributed by atoms with van der Waals surface area (Å²) in [6.45, 7) is 9.43. The molecule has 0 radical (unpaired) electrons. The van der Waals surface area contributed by atoms with E-state index in [-0.39, 0.29) is 0 Å². The number of rotatable bonds is 7. The van der Waals surface area contributed by atoms with Crippen LogP contribution in [-0.2, 0) is 26.6 Å². The number of hydrogen-bond donors (Lipinski definition) is 1. The second kappa shape index (κ2) is 6.70. The van der Waals surface area contributed by atoms with Gasteiger partial charge >= 0.3 is 0 Å². The van der Waals surface area contributed by atoms with Crippen molar-refractivity contribution >= 4 is 0 Å². The molecule has 0 bridgehead atoms. The molecular weight excluding hydrogens is 250 g/mol. The van der Waals surface area contributed by atoms with Crippen LogP contribution < -0.4 is 5.32 Å². The van der Waals surface area contributed by atoms with Gasteiger partial charge in [0.15, 0.2) is 0 Å². The Balaban J connectivity index is 1.88. The van der Waals surface area contributed by atoms with Gasteiger partial charge in [-0.3, -0.25) is 9.36 Å². The zero-order chi connectivity index (χ0) is 14.5. The fourth-order valence-electron chi connectivity index (χ4n) is 2.22. The number of nitrogens with one attached hydrogen (secondary N) is 1. The van der Waals surface area contributed by atoms with Crippen molar-refractivity contribution in [2.75, 3.05) is 6.54 Å². The molecule has 0 aliphatic heterocycles. The quantitative estimate of drug-likeness (QED) is 0.839. The molecule has 5 nitrogen and oxygen atoms in total. The second-order valence-electron chi connectivity index (χ2n) is 5.78. The van der Waals surface area contributed by atoms with E-state index in [1.807, 2.05) is 24.1 Å². The molecule has 0 amide bonds. The van der Waals surface area contributed by atoms with Crippen molar-refractivity contribution in [2.45, 2.75) is 40.3 Å². The molecule has 0 atom stereocenters. The summed E-state index contributed by atoms with van der Waals surface area (Å²) in [4.78, 5) is 0. The molecule has 20 heavy (non-hydrogen) atoms. The number of hydrogen-bond acceptors (Lipinski definition) is 3. The number of aromatic nitrogens is 4. The molecule has 110 valence electrons. The Labute approximate surface area is 121 Å². The van der Waals surface area contributed by atoms with Crippen molar-refractivity contribution in [3.05, 3.63) is 35.4 Å². The molecule has 2 aromatic rings. The van der Waals surface area contributed by atoms with Crippen molar-refractivity contribution in [3.63, 3.8) is 0 Å². The van der Waals surface area contributed by atoms with Crippen LogP contribution in [-0.4, -0.2) is 26.1 Å². The van der Waals surface area contributed by atoms with Crippen LogP contribution in [0.2, 0.25) is 0 Å². The molecule has 0 fully saturated rings. The summed E-state index contributed by atoms with van der Waals surface area (Å²) < 4.78 is 3.92. The average Bonchev–Trinajstić information content (AvgIpc) is 2.95. The molecule has 0 aliphatic carbocycles. The fraction of sp³-hybridized carbons (Fsp3) is 0.600. The SMILES string of the molecule is Cc1c(CNCC(C)C)cnn1CCc1cnn(C)c1. The first kappa shape index (κ1) is 14.8. The smallest absolute Gasteiger partial charge is 0.0537 e. The third kappa shape index (κ3) is 3.93. The molecule has 2 rings (SSSR count). The van der Waals surface area contributed by atoms with Gasteiger partial charge in [0, 0.05) is 37.6 Å². The predicted octanol–water partition coefficient (Wildman–Crippen LogP) is 1.91. The molecule has 5 heteroatoms. The highest BCUT2D eigenvalue weighted by Gasteiger charge is 2.07. The first-order valence-corrected chi connectivity index (χ1v) is 7.25. The van der Waals surface area contributed by atoms with E-state index in [1.165, 1.54) is 16.8 Å². The minimum absolute atomic E-state index is 0.677. The van der Waals surface area contributed by atoms with Gasteiger partial charge in [-0.1, -0.05) is 13.8 Å². The average molecular weight is 275 g/mol. The van der Waals surface area contributed by atoms with Crippen LogP contribution in [0.1, 0.15) is 30.7 Å². The van der Waals surface area contributed by atoms with Crippen molar-refractivity contribution in [1.29, 1.82) is 0 Å². The molecule has 0 saturated carbocycles. The van der Waals surface area contributed by atoms with Crippen molar-refractivity contribution < 1.29 is 0 Å². The Hall–Kier alpha value is -1.62. The summed E-state index contributed by atoms with van der Waals surface area (Å²) in [5.41, 5.74) is 3.80. The van der Waals surface area contributed by atoms with E-state index in [1.54, 1.807) is 0 Å². The van der Waals surface area contributed by atoms with Crippen molar-refractivity contribution in [1.82, 2.24) is 24.9 Å². The van der Waals surface area contributed by atoms with Gasteiger partial charge in [-0.15, -0.1) is 0 Å². The zero-order valence-corrected chi connectivity index (χ0v) is 12.9. The third-order valence-corrected chi connectivity index (χ3v) is 3.44. The molecule has 0 spiro atoms. The molecule has 0 unspecified atom stereocenters. The summed E-state index contributed by atoms with van der Waals surface area (Å²) in [5, 5.41) is 12.1. The van der Waals surface area contributed by atoms with E-state index in [2.05, 4.69) is 47.2 Å². The van der Waals surface area contributed by atoms with Gasteiger partial charge in [-0.05, 0) is 31.4 Å². The third-order valence-electron chi connectivity index (χ3n) is 3.44. The number of nitrogens with zero attached hydrogens (tertiary/aromatic N) is 4. The normalized spacial score (nSPS) is 11.4. The van der Waals surface area contributed by atoms with Crippen LogP contribution in [0.25, 0.3) is 0 Å². The largest absolute Gasteiger partial charge is 0.312 e. The van der Waals surface area contributed by atoms with Gasteiger partial charge in [0.05, 0.1) is 12.4 Å². The van der Waals surface area contributed by atoms with Crippen LogP contribution >= 0.6 is 0 Å². The maximum Gasteiger partial charge on any atom is 0.0537 e. The summed E-state index contributed by atoms with van der Waals surface area (Å²) >= 11 is 0. The predicted molar refractivity (Wildman–Crippen MR) is 80.4 cm³/mol. The Morgan fingerprint density at radius 1 is 1.25 bits per heavy atom. The molecule has 0 aliphatic rings. The number of aryl methyl sites for hydroxylation is 3. The first-order valence-electron chi connectivity index (χ1n) is 7.25. The molecule has 2 aromatic heterocycles. The molecular formula is C15H25N5. The highest BCUT2D eigenvalue weighted by atomic mass is 15.3. The topological polar surface area (TPSA) is 47.7 Å². The lowest BCUT2D eigenvalue weighted by Gasteiger charge is -2.08. The standard InChI is InChI=1S/C15H25N5/c1-12(2)7-16-9-15-10-18-20(13(15)3)6-5-14-8-17-19(4)11-14/h8,10-12,16H,5-7,9H2,1-4H3. The first-order chi connectivity index (χ1) is 9.56. The summed E-state index contributed by atoms with van der Waals surface area (Å²) in [6.07, 6.45) is 6.93. The van der Waals surface area contributed by atoms with Gasteiger partial charge in [0.2, 0.25) is 0 Å². The van der Waals surface area contributed by atoms with Gasteiger partial charge < -0.3 is 5.32 Å². The van der Waals surface area contributed by atoms with E-state index in [0.29, 0.717) is 5.92 Å². The summed E-state index contributed by atoms with van der Waals surface area (Å²) in [6, 6.07) is 0. The van der Waals surface area contributed by atoms with E-state index in [0.717, 1.165) is 26.1 Å². The highest BCUT2D eigenvalue weighted by molar-refractivity contribution is 5.16. The van der Waals surface area contributed by atoms with Crippen LogP contribution in [0.3, 0.4) is 0 Å².